The van der Waals surface area contributed by atoms with E-state index in [0.717, 1.165) is 24.6 Å². The van der Waals surface area contributed by atoms with E-state index in [4.69, 9.17) is 0 Å². The lowest BCUT2D eigenvalue weighted by atomic mass is 10.1. The maximum Gasteiger partial charge on any atom is 0.0996 e. The molecule has 17 heavy (non-hydrogen) atoms. The first-order chi connectivity index (χ1) is 8.13. The Hall–Kier alpha value is -0.900. The van der Waals surface area contributed by atoms with E-state index in [1.807, 2.05) is 7.05 Å². The van der Waals surface area contributed by atoms with Crippen LogP contribution >= 0.6 is 0 Å². The number of nitrogens with one attached hydrogen (secondary N) is 1. The lowest BCUT2D eigenvalue weighted by Crippen LogP contribution is -2.17. The Morgan fingerprint density at radius 1 is 1.35 bits per heavy atom. The SMILES string of the molecule is CNCc1nnn(C(C)C(C)C)c1CC1CC1. The molecule has 1 unspecified atom stereocenters. The molecule has 4 nitrogen and oxygen atoms in total. The fraction of sp³-hybridized carbons (Fsp3) is 0.846. The standard InChI is InChI=1S/C13H24N4/c1-9(2)10(3)17-13(7-11-5-6-11)12(8-14-4)15-16-17/h9-11,14H,5-8H2,1-4H3. The highest BCUT2D eigenvalue weighted by Gasteiger charge is 2.27. The molecule has 1 aliphatic carbocycles. The van der Waals surface area contributed by atoms with Crippen molar-refractivity contribution in [3.8, 4) is 0 Å². The summed E-state index contributed by atoms with van der Waals surface area (Å²) in [5, 5.41) is 11.9. The van der Waals surface area contributed by atoms with Gasteiger partial charge in [0.15, 0.2) is 0 Å². The zero-order chi connectivity index (χ0) is 12.4. The number of aromatic nitrogens is 3. The van der Waals surface area contributed by atoms with Gasteiger partial charge in [0, 0.05) is 6.54 Å². The van der Waals surface area contributed by atoms with Crippen LogP contribution in [0.15, 0.2) is 0 Å². The summed E-state index contributed by atoms with van der Waals surface area (Å²) in [6.45, 7) is 7.54. The van der Waals surface area contributed by atoms with E-state index in [1.54, 1.807) is 0 Å². The second-order valence-electron chi connectivity index (χ2n) is 5.59. The third-order valence-corrected chi connectivity index (χ3v) is 3.75. The summed E-state index contributed by atoms with van der Waals surface area (Å²) in [6.07, 6.45) is 3.90. The summed E-state index contributed by atoms with van der Waals surface area (Å²) in [7, 11) is 1.96. The highest BCUT2D eigenvalue weighted by molar-refractivity contribution is 5.13. The maximum atomic E-state index is 4.36. The second-order valence-corrected chi connectivity index (χ2v) is 5.59. The molecule has 0 aromatic carbocycles. The van der Waals surface area contributed by atoms with Gasteiger partial charge in [0.1, 0.15) is 0 Å². The summed E-state index contributed by atoms with van der Waals surface area (Å²) >= 11 is 0. The molecule has 0 radical (unpaired) electrons. The molecule has 2 rings (SSSR count). The molecule has 1 aromatic heterocycles. The van der Waals surface area contributed by atoms with Gasteiger partial charge in [0.2, 0.25) is 0 Å². The molecule has 0 bridgehead atoms. The monoisotopic (exact) mass is 236 g/mol. The molecule has 96 valence electrons. The fourth-order valence-electron chi connectivity index (χ4n) is 2.07. The first kappa shape index (κ1) is 12.6. The summed E-state index contributed by atoms with van der Waals surface area (Å²) in [5.74, 6) is 1.47. The molecule has 1 heterocycles. The Morgan fingerprint density at radius 2 is 2.06 bits per heavy atom. The summed E-state index contributed by atoms with van der Waals surface area (Å²) in [6, 6.07) is 0.432. The van der Waals surface area contributed by atoms with Gasteiger partial charge in [-0.15, -0.1) is 5.10 Å². The van der Waals surface area contributed by atoms with Crippen molar-refractivity contribution in [2.24, 2.45) is 11.8 Å². The largest absolute Gasteiger partial charge is 0.314 e. The number of rotatable bonds is 6. The van der Waals surface area contributed by atoms with Gasteiger partial charge in [-0.05, 0) is 45.1 Å². The lowest BCUT2D eigenvalue weighted by Gasteiger charge is -2.18. The van der Waals surface area contributed by atoms with Crippen molar-refractivity contribution in [2.45, 2.75) is 52.6 Å². The molecule has 1 aliphatic rings. The van der Waals surface area contributed by atoms with Crippen molar-refractivity contribution in [3.05, 3.63) is 11.4 Å². The number of nitrogens with zero attached hydrogens (tertiary/aromatic N) is 3. The zero-order valence-electron chi connectivity index (χ0n) is 11.4. The lowest BCUT2D eigenvalue weighted by molar-refractivity contribution is 0.356. The summed E-state index contributed by atoms with van der Waals surface area (Å²) < 4.78 is 2.15. The van der Waals surface area contributed by atoms with Crippen molar-refractivity contribution >= 4 is 0 Å². The van der Waals surface area contributed by atoms with Crippen LogP contribution in [0.5, 0.6) is 0 Å². The number of hydrogen-bond donors (Lipinski definition) is 1. The van der Waals surface area contributed by atoms with E-state index >= 15 is 0 Å². The molecule has 0 saturated heterocycles. The Bertz CT molecular complexity index is 365. The van der Waals surface area contributed by atoms with E-state index in [-0.39, 0.29) is 0 Å². The van der Waals surface area contributed by atoms with Crippen LogP contribution in [0.4, 0.5) is 0 Å². The Kier molecular flexibility index (Phi) is 3.82. The van der Waals surface area contributed by atoms with Crippen LogP contribution < -0.4 is 5.32 Å². The first-order valence-electron chi connectivity index (χ1n) is 6.71. The molecule has 1 aromatic rings. The smallest absolute Gasteiger partial charge is 0.0996 e. The van der Waals surface area contributed by atoms with Crippen molar-refractivity contribution in [1.29, 1.82) is 0 Å². The van der Waals surface area contributed by atoms with Crippen LogP contribution in [0.3, 0.4) is 0 Å². The van der Waals surface area contributed by atoms with Gasteiger partial charge >= 0.3 is 0 Å². The average Bonchev–Trinajstić information content (AvgIpc) is 3.02. The van der Waals surface area contributed by atoms with Crippen molar-refractivity contribution in [2.75, 3.05) is 7.05 Å². The molecule has 1 fully saturated rings. The van der Waals surface area contributed by atoms with E-state index in [1.165, 1.54) is 18.5 Å². The quantitative estimate of drug-likeness (QED) is 0.823. The average molecular weight is 236 g/mol. The highest BCUT2D eigenvalue weighted by atomic mass is 15.4. The van der Waals surface area contributed by atoms with Gasteiger partial charge in [-0.3, -0.25) is 0 Å². The predicted molar refractivity (Wildman–Crippen MR) is 68.8 cm³/mol. The van der Waals surface area contributed by atoms with E-state index in [9.17, 15) is 0 Å². The molecule has 4 heteroatoms. The highest BCUT2D eigenvalue weighted by Crippen LogP contribution is 2.34. The van der Waals surface area contributed by atoms with E-state index < -0.39 is 0 Å². The Labute approximate surface area is 104 Å². The molecular weight excluding hydrogens is 212 g/mol. The van der Waals surface area contributed by atoms with Gasteiger partial charge in [0.05, 0.1) is 17.4 Å². The maximum absolute atomic E-state index is 4.36. The van der Waals surface area contributed by atoms with Crippen molar-refractivity contribution in [1.82, 2.24) is 20.3 Å². The minimum atomic E-state index is 0.432. The minimum Gasteiger partial charge on any atom is -0.314 e. The molecule has 1 atom stereocenters. The molecule has 1 N–H and O–H groups in total. The molecule has 0 spiro atoms. The summed E-state index contributed by atoms with van der Waals surface area (Å²) in [5.41, 5.74) is 2.48. The van der Waals surface area contributed by atoms with Gasteiger partial charge in [-0.25, -0.2) is 4.68 Å². The summed E-state index contributed by atoms with van der Waals surface area (Å²) in [4.78, 5) is 0. The zero-order valence-corrected chi connectivity index (χ0v) is 11.4. The minimum absolute atomic E-state index is 0.432. The van der Waals surface area contributed by atoms with Crippen LogP contribution in [0.1, 0.15) is 51.0 Å². The van der Waals surface area contributed by atoms with Gasteiger partial charge in [0.25, 0.3) is 0 Å². The third kappa shape index (κ3) is 2.86. The molecule has 0 aliphatic heterocycles. The molecule has 1 saturated carbocycles. The fourth-order valence-corrected chi connectivity index (χ4v) is 2.07. The first-order valence-corrected chi connectivity index (χ1v) is 6.71. The van der Waals surface area contributed by atoms with Crippen molar-refractivity contribution < 1.29 is 0 Å². The van der Waals surface area contributed by atoms with Crippen LogP contribution in [-0.2, 0) is 13.0 Å². The molecule has 0 amide bonds. The van der Waals surface area contributed by atoms with Crippen LogP contribution in [0.25, 0.3) is 0 Å². The Balaban J connectivity index is 2.23. The van der Waals surface area contributed by atoms with Crippen LogP contribution in [0.2, 0.25) is 0 Å². The second kappa shape index (κ2) is 5.17. The van der Waals surface area contributed by atoms with Crippen molar-refractivity contribution in [3.63, 3.8) is 0 Å². The topological polar surface area (TPSA) is 42.7 Å². The van der Waals surface area contributed by atoms with Gasteiger partial charge in [-0.1, -0.05) is 19.1 Å². The number of hydrogen-bond acceptors (Lipinski definition) is 3. The Morgan fingerprint density at radius 3 is 2.59 bits per heavy atom. The van der Waals surface area contributed by atoms with Gasteiger partial charge in [-0.2, -0.15) is 0 Å². The third-order valence-electron chi connectivity index (χ3n) is 3.75. The predicted octanol–water partition coefficient (Wildman–Crippen LogP) is 2.17. The van der Waals surface area contributed by atoms with Gasteiger partial charge < -0.3 is 5.32 Å². The van der Waals surface area contributed by atoms with E-state index in [2.05, 4.69) is 41.1 Å². The molecular formula is C13H24N4. The van der Waals surface area contributed by atoms with Crippen LogP contribution in [0, 0.1) is 11.8 Å². The van der Waals surface area contributed by atoms with Crippen LogP contribution in [-0.4, -0.2) is 22.0 Å². The normalized spacial score (nSPS) is 17.7. The van der Waals surface area contributed by atoms with E-state index in [0.29, 0.717) is 12.0 Å².